The molecule has 1 rings (SSSR count). The smallest absolute Gasteiger partial charge is 0.0598 e. The van der Waals surface area contributed by atoms with Crippen LogP contribution in [0.1, 0.15) is 52.9 Å². The molecule has 0 aromatic carbocycles. The van der Waals surface area contributed by atoms with Gasteiger partial charge in [-0.3, -0.25) is 0 Å². The van der Waals surface area contributed by atoms with Crippen LogP contribution in [0, 0.1) is 5.41 Å². The second-order valence-corrected chi connectivity index (χ2v) is 5.58. The molecule has 0 heterocycles. The van der Waals surface area contributed by atoms with Crippen molar-refractivity contribution in [2.24, 2.45) is 5.41 Å². The van der Waals surface area contributed by atoms with Crippen LogP contribution in [0.3, 0.4) is 0 Å². The zero-order chi connectivity index (χ0) is 10.7. The standard InChI is InChI=1S/C12H24O2/c1-11(2,3)14-9-8-12(10-13)6-4-5-7-12/h13H,4-10H2,1-3H3. The molecule has 0 radical (unpaired) electrons. The lowest BCUT2D eigenvalue weighted by Crippen LogP contribution is -2.27. The van der Waals surface area contributed by atoms with Gasteiger partial charge in [-0.05, 0) is 45.4 Å². The fourth-order valence-electron chi connectivity index (χ4n) is 2.19. The zero-order valence-electron chi connectivity index (χ0n) is 9.81. The van der Waals surface area contributed by atoms with Gasteiger partial charge in [-0.15, -0.1) is 0 Å². The molecule has 0 aromatic rings. The van der Waals surface area contributed by atoms with Gasteiger partial charge in [0.2, 0.25) is 0 Å². The highest BCUT2D eigenvalue weighted by molar-refractivity contribution is 4.84. The minimum Gasteiger partial charge on any atom is -0.396 e. The summed E-state index contributed by atoms with van der Waals surface area (Å²) in [6.07, 6.45) is 5.92. The first-order valence-electron chi connectivity index (χ1n) is 5.72. The van der Waals surface area contributed by atoms with Crippen molar-refractivity contribution in [3.8, 4) is 0 Å². The summed E-state index contributed by atoms with van der Waals surface area (Å²) in [5, 5.41) is 9.39. The van der Waals surface area contributed by atoms with E-state index in [4.69, 9.17) is 4.74 Å². The normalized spacial score (nSPS) is 21.4. The van der Waals surface area contributed by atoms with Crippen LogP contribution in [0.25, 0.3) is 0 Å². The van der Waals surface area contributed by atoms with Crippen LogP contribution in [0.15, 0.2) is 0 Å². The van der Waals surface area contributed by atoms with Crippen LogP contribution < -0.4 is 0 Å². The zero-order valence-corrected chi connectivity index (χ0v) is 9.81. The molecule has 1 fully saturated rings. The van der Waals surface area contributed by atoms with Crippen LogP contribution >= 0.6 is 0 Å². The van der Waals surface area contributed by atoms with Gasteiger partial charge >= 0.3 is 0 Å². The Labute approximate surface area is 87.7 Å². The van der Waals surface area contributed by atoms with Crippen LogP contribution in [0.5, 0.6) is 0 Å². The monoisotopic (exact) mass is 200 g/mol. The SMILES string of the molecule is CC(C)(C)OCCC1(CO)CCCC1. The highest BCUT2D eigenvalue weighted by Crippen LogP contribution is 2.40. The quantitative estimate of drug-likeness (QED) is 0.756. The maximum absolute atomic E-state index is 9.39. The third kappa shape index (κ3) is 3.58. The Balaban J connectivity index is 2.28. The Morgan fingerprint density at radius 3 is 2.21 bits per heavy atom. The molecule has 0 aromatic heterocycles. The molecule has 84 valence electrons. The third-order valence-corrected chi connectivity index (χ3v) is 3.17. The molecule has 0 aliphatic heterocycles. The summed E-state index contributed by atoms with van der Waals surface area (Å²) < 4.78 is 5.71. The minimum absolute atomic E-state index is 0.0464. The predicted octanol–water partition coefficient (Wildman–Crippen LogP) is 2.74. The molecule has 14 heavy (non-hydrogen) atoms. The van der Waals surface area contributed by atoms with Crippen molar-refractivity contribution in [1.82, 2.24) is 0 Å². The van der Waals surface area contributed by atoms with Crippen molar-refractivity contribution in [3.05, 3.63) is 0 Å². The average molecular weight is 200 g/mol. The fraction of sp³-hybridized carbons (Fsp3) is 1.00. The van der Waals surface area contributed by atoms with Gasteiger partial charge in [-0.25, -0.2) is 0 Å². The van der Waals surface area contributed by atoms with E-state index in [1.807, 2.05) is 0 Å². The molecule has 1 N–H and O–H groups in total. The van der Waals surface area contributed by atoms with E-state index in [1.165, 1.54) is 25.7 Å². The van der Waals surface area contributed by atoms with Crippen molar-refractivity contribution < 1.29 is 9.84 Å². The lowest BCUT2D eigenvalue weighted by molar-refractivity contribution is -0.0258. The summed E-state index contributed by atoms with van der Waals surface area (Å²) in [6, 6.07) is 0. The molecule has 0 saturated heterocycles. The van der Waals surface area contributed by atoms with Gasteiger partial charge < -0.3 is 9.84 Å². The first-order valence-corrected chi connectivity index (χ1v) is 5.72. The molecule has 0 bridgehead atoms. The highest BCUT2D eigenvalue weighted by Gasteiger charge is 2.33. The molecule has 1 aliphatic rings. The molecule has 1 saturated carbocycles. The Hall–Kier alpha value is -0.0800. The summed E-state index contributed by atoms with van der Waals surface area (Å²) in [5.74, 6) is 0. The lowest BCUT2D eigenvalue weighted by atomic mass is 9.84. The van der Waals surface area contributed by atoms with E-state index in [-0.39, 0.29) is 11.0 Å². The number of hydrogen-bond acceptors (Lipinski definition) is 2. The van der Waals surface area contributed by atoms with Gasteiger partial charge in [0.05, 0.1) is 5.60 Å². The molecular formula is C12H24O2. The summed E-state index contributed by atoms with van der Waals surface area (Å²) >= 11 is 0. The minimum atomic E-state index is -0.0464. The van der Waals surface area contributed by atoms with Crippen molar-refractivity contribution >= 4 is 0 Å². The summed E-state index contributed by atoms with van der Waals surface area (Å²) in [6.45, 7) is 7.35. The van der Waals surface area contributed by atoms with Gasteiger partial charge in [0, 0.05) is 13.2 Å². The maximum atomic E-state index is 9.39. The molecule has 1 aliphatic carbocycles. The fourth-order valence-corrected chi connectivity index (χ4v) is 2.19. The van der Waals surface area contributed by atoms with Gasteiger partial charge in [-0.1, -0.05) is 12.8 Å². The van der Waals surface area contributed by atoms with E-state index in [0.717, 1.165) is 13.0 Å². The predicted molar refractivity (Wildman–Crippen MR) is 58.3 cm³/mol. The summed E-state index contributed by atoms with van der Waals surface area (Å²) in [5.41, 5.74) is 0.139. The van der Waals surface area contributed by atoms with Crippen LogP contribution in [-0.4, -0.2) is 23.9 Å². The van der Waals surface area contributed by atoms with Gasteiger partial charge in [0.1, 0.15) is 0 Å². The molecule has 2 heteroatoms. The third-order valence-electron chi connectivity index (χ3n) is 3.17. The topological polar surface area (TPSA) is 29.5 Å². The van der Waals surface area contributed by atoms with Crippen molar-refractivity contribution in [2.75, 3.05) is 13.2 Å². The van der Waals surface area contributed by atoms with Crippen molar-refractivity contribution in [2.45, 2.75) is 58.5 Å². The second-order valence-electron chi connectivity index (χ2n) is 5.58. The van der Waals surface area contributed by atoms with Crippen molar-refractivity contribution in [1.29, 1.82) is 0 Å². The van der Waals surface area contributed by atoms with E-state index in [1.54, 1.807) is 0 Å². The first-order chi connectivity index (χ1) is 6.47. The number of aliphatic hydroxyl groups excluding tert-OH is 1. The van der Waals surface area contributed by atoms with Gasteiger partial charge in [0.15, 0.2) is 0 Å². The largest absolute Gasteiger partial charge is 0.396 e. The van der Waals surface area contributed by atoms with Gasteiger partial charge in [-0.2, -0.15) is 0 Å². The van der Waals surface area contributed by atoms with E-state index in [0.29, 0.717) is 6.61 Å². The number of aliphatic hydroxyl groups is 1. The molecule has 0 spiro atoms. The molecule has 2 nitrogen and oxygen atoms in total. The highest BCUT2D eigenvalue weighted by atomic mass is 16.5. The number of rotatable bonds is 4. The molecule has 0 unspecified atom stereocenters. The van der Waals surface area contributed by atoms with Crippen LogP contribution in [-0.2, 0) is 4.74 Å². The second kappa shape index (κ2) is 4.63. The first kappa shape index (κ1) is 12.0. The Kier molecular flexibility index (Phi) is 3.96. The number of ether oxygens (including phenoxy) is 1. The van der Waals surface area contributed by atoms with E-state index < -0.39 is 0 Å². The van der Waals surface area contributed by atoms with Crippen molar-refractivity contribution in [3.63, 3.8) is 0 Å². The van der Waals surface area contributed by atoms with E-state index in [9.17, 15) is 5.11 Å². The summed E-state index contributed by atoms with van der Waals surface area (Å²) in [4.78, 5) is 0. The average Bonchev–Trinajstić information content (AvgIpc) is 2.52. The Morgan fingerprint density at radius 1 is 1.21 bits per heavy atom. The lowest BCUT2D eigenvalue weighted by Gasteiger charge is -2.28. The summed E-state index contributed by atoms with van der Waals surface area (Å²) in [7, 11) is 0. The molecule has 0 amide bonds. The Morgan fingerprint density at radius 2 is 1.79 bits per heavy atom. The number of hydrogen-bond donors (Lipinski definition) is 1. The van der Waals surface area contributed by atoms with Crippen LogP contribution in [0.2, 0.25) is 0 Å². The maximum Gasteiger partial charge on any atom is 0.0598 e. The molecule has 0 atom stereocenters. The van der Waals surface area contributed by atoms with Gasteiger partial charge in [0.25, 0.3) is 0 Å². The van der Waals surface area contributed by atoms with E-state index >= 15 is 0 Å². The van der Waals surface area contributed by atoms with Crippen LogP contribution in [0.4, 0.5) is 0 Å². The molecular weight excluding hydrogens is 176 g/mol. The Bertz CT molecular complexity index is 164. The van der Waals surface area contributed by atoms with E-state index in [2.05, 4.69) is 20.8 Å².